The number of piperidine rings is 1. The molecular formula is C32H31N5O2S. The molecule has 5 heterocycles. The van der Waals surface area contributed by atoms with Gasteiger partial charge in [0.05, 0.1) is 38.1 Å². The maximum atomic E-state index is 12.9. The van der Waals surface area contributed by atoms with Gasteiger partial charge in [-0.1, -0.05) is 36.8 Å². The van der Waals surface area contributed by atoms with Gasteiger partial charge in [-0.2, -0.15) is 0 Å². The van der Waals surface area contributed by atoms with Gasteiger partial charge in [0.1, 0.15) is 11.5 Å². The number of benzene rings is 2. The summed E-state index contributed by atoms with van der Waals surface area (Å²) in [5, 5.41) is 0. The van der Waals surface area contributed by atoms with Crippen molar-refractivity contribution in [3.05, 3.63) is 94.6 Å². The Balaban J connectivity index is 1.28. The number of thiophene rings is 1. The molecule has 6 aromatic rings. The van der Waals surface area contributed by atoms with E-state index in [2.05, 4.69) is 32.7 Å². The summed E-state index contributed by atoms with van der Waals surface area (Å²) < 4.78 is 7.98. The number of H-pyrrole nitrogens is 1. The quantitative estimate of drug-likeness (QED) is 0.228. The van der Waals surface area contributed by atoms with Crippen LogP contribution in [0.3, 0.4) is 0 Å². The van der Waals surface area contributed by atoms with Crippen molar-refractivity contribution in [3.8, 4) is 21.3 Å². The molecule has 0 unspecified atom stereocenters. The molecule has 0 aliphatic carbocycles. The van der Waals surface area contributed by atoms with Crippen LogP contribution < -0.4 is 5.56 Å². The second kappa shape index (κ2) is 10.9. The van der Waals surface area contributed by atoms with Crippen LogP contribution in [0.1, 0.15) is 36.9 Å². The molecule has 1 aliphatic rings. The molecule has 0 amide bonds. The van der Waals surface area contributed by atoms with E-state index in [0.717, 1.165) is 63.0 Å². The number of likely N-dealkylation sites (tertiary alicyclic amines) is 1. The summed E-state index contributed by atoms with van der Waals surface area (Å²) in [5.74, 6) is 1.81. The third-order valence-corrected chi connectivity index (χ3v) is 8.84. The van der Waals surface area contributed by atoms with Gasteiger partial charge in [-0.05, 0) is 80.9 Å². The smallest absolute Gasteiger partial charge is 0.270 e. The lowest BCUT2D eigenvalue weighted by molar-refractivity contribution is 0.223. The number of nitrogens with one attached hydrogen (secondary N) is 1. The first-order chi connectivity index (χ1) is 19.7. The Kier molecular flexibility index (Phi) is 6.79. The molecule has 7 rings (SSSR count). The Labute approximate surface area is 236 Å². The van der Waals surface area contributed by atoms with Crippen LogP contribution in [0.2, 0.25) is 0 Å². The van der Waals surface area contributed by atoms with E-state index < -0.39 is 0 Å². The zero-order valence-electron chi connectivity index (χ0n) is 22.3. The highest BCUT2D eigenvalue weighted by Crippen LogP contribution is 2.36. The summed E-state index contributed by atoms with van der Waals surface area (Å²) in [6.45, 7) is 4.34. The second-order valence-corrected chi connectivity index (χ2v) is 11.6. The Bertz CT molecular complexity index is 1810. The minimum absolute atomic E-state index is 0.154. The van der Waals surface area contributed by atoms with Crippen LogP contribution in [0.5, 0.6) is 0 Å². The van der Waals surface area contributed by atoms with Gasteiger partial charge in [0, 0.05) is 13.0 Å². The predicted molar refractivity (Wildman–Crippen MR) is 161 cm³/mol. The Morgan fingerprint density at radius 1 is 0.875 bits per heavy atom. The van der Waals surface area contributed by atoms with Crippen molar-refractivity contribution in [2.75, 3.05) is 19.6 Å². The van der Waals surface area contributed by atoms with Gasteiger partial charge in [0.25, 0.3) is 5.56 Å². The van der Waals surface area contributed by atoms with E-state index in [-0.39, 0.29) is 5.56 Å². The van der Waals surface area contributed by atoms with E-state index in [4.69, 9.17) is 14.4 Å². The monoisotopic (exact) mass is 549 g/mol. The Morgan fingerprint density at radius 3 is 2.55 bits per heavy atom. The number of imidazole rings is 1. The number of rotatable bonds is 8. The second-order valence-electron chi connectivity index (χ2n) is 10.5. The van der Waals surface area contributed by atoms with Crippen molar-refractivity contribution < 1.29 is 4.42 Å². The molecular weight excluding hydrogens is 518 g/mol. The average Bonchev–Trinajstić information content (AvgIpc) is 3.74. The number of furan rings is 1. The van der Waals surface area contributed by atoms with Crippen LogP contribution in [-0.2, 0) is 13.0 Å². The van der Waals surface area contributed by atoms with Crippen molar-refractivity contribution >= 4 is 33.4 Å². The molecule has 2 aromatic carbocycles. The zero-order valence-corrected chi connectivity index (χ0v) is 23.1. The highest BCUT2D eigenvalue weighted by atomic mass is 32.1. The molecule has 202 valence electrons. The molecule has 7 nitrogen and oxygen atoms in total. The van der Waals surface area contributed by atoms with Crippen molar-refractivity contribution in [3.63, 3.8) is 0 Å². The zero-order chi connectivity index (χ0) is 26.9. The average molecular weight is 550 g/mol. The third-order valence-electron chi connectivity index (χ3n) is 7.74. The maximum absolute atomic E-state index is 12.9. The Hall–Kier alpha value is -4.01. The SMILES string of the molecule is O=c1[nH]c2cc3nc(-c4ccc(-c5ccco5)s4)n(CCCN4CCCCC4)c3cc2nc1Cc1ccccc1. The molecule has 1 N–H and O–H groups in total. The fourth-order valence-electron chi connectivity index (χ4n) is 5.71. The predicted octanol–water partition coefficient (Wildman–Crippen LogP) is 6.73. The van der Waals surface area contributed by atoms with Gasteiger partial charge < -0.3 is 18.9 Å². The minimum Gasteiger partial charge on any atom is -0.464 e. The van der Waals surface area contributed by atoms with Crippen molar-refractivity contribution in [2.45, 2.75) is 38.6 Å². The number of aromatic amines is 1. The van der Waals surface area contributed by atoms with Gasteiger partial charge in [0.15, 0.2) is 5.82 Å². The first-order valence-electron chi connectivity index (χ1n) is 14.0. The summed E-state index contributed by atoms with van der Waals surface area (Å²) >= 11 is 1.68. The third kappa shape index (κ3) is 5.00. The normalized spacial score (nSPS) is 14.4. The van der Waals surface area contributed by atoms with E-state index in [1.807, 2.05) is 48.5 Å². The molecule has 0 atom stereocenters. The van der Waals surface area contributed by atoms with E-state index >= 15 is 0 Å². The maximum Gasteiger partial charge on any atom is 0.270 e. The first-order valence-corrected chi connectivity index (χ1v) is 14.9. The minimum atomic E-state index is -0.154. The summed E-state index contributed by atoms with van der Waals surface area (Å²) in [7, 11) is 0. The van der Waals surface area contributed by atoms with Gasteiger partial charge >= 0.3 is 0 Å². The molecule has 4 aromatic heterocycles. The number of hydrogen-bond donors (Lipinski definition) is 1. The van der Waals surface area contributed by atoms with Gasteiger partial charge in [-0.15, -0.1) is 11.3 Å². The van der Waals surface area contributed by atoms with Gasteiger partial charge in [-0.25, -0.2) is 9.97 Å². The van der Waals surface area contributed by atoms with Crippen molar-refractivity contribution in [2.24, 2.45) is 0 Å². The highest BCUT2D eigenvalue weighted by Gasteiger charge is 2.18. The molecule has 1 saturated heterocycles. The fraction of sp³-hybridized carbons (Fsp3) is 0.281. The topological polar surface area (TPSA) is 80.0 Å². The van der Waals surface area contributed by atoms with Crippen LogP contribution in [0.15, 0.2) is 82.2 Å². The van der Waals surface area contributed by atoms with Gasteiger partial charge in [0.2, 0.25) is 0 Å². The number of aryl methyl sites for hydroxylation is 1. The lowest BCUT2D eigenvalue weighted by Crippen LogP contribution is -2.31. The van der Waals surface area contributed by atoms with Crippen LogP contribution in [0.25, 0.3) is 43.4 Å². The Morgan fingerprint density at radius 2 is 1.73 bits per heavy atom. The van der Waals surface area contributed by atoms with Crippen LogP contribution in [0, 0.1) is 0 Å². The van der Waals surface area contributed by atoms with E-state index in [0.29, 0.717) is 17.6 Å². The largest absolute Gasteiger partial charge is 0.464 e. The summed E-state index contributed by atoms with van der Waals surface area (Å²) in [6.07, 6.45) is 7.18. The van der Waals surface area contributed by atoms with E-state index in [1.165, 1.54) is 32.4 Å². The number of nitrogens with zero attached hydrogens (tertiary/aromatic N) is 4. The van der Waals surface area contributed by atoms with Crippen LogP contribution >= 0.6 is 11.3 Å². The molecule has 0 radical (unpaired) electrons. The van der Waals surface area contributed by atoms with Crippen molar-refractivity contribution in [1.82, 2.24) is 24.4 Å². The molecule has 40 heavy (non-hydrogen) atoms. The van der Waals surface area contributed by atoms with Crippen LogP contribution in [-0.4, -0.2) is 44.1 Å². The number of hydrogen-bond acceptors (Lipinski definition) is 6. The molecule has 1 fully saturated rings. The molecule has 0 saturated carbocycles. The van der Waals surface area contributed by atoms with Crippen LogP contribution in [0.4, 0.5) is 0 Å². The lowest BCUT2D eigenvalue weighted by atomic mass is 10.1. The summed E-state index contributed by atoms with van der Waals surface area (Å²) in [5.41, 5.74) is 4.83. The number of fused-ring (bicyclic) bond motifs is 2. The number of aromatic nitrogens is 4. The molecule has 1 aliphatic heterocycles. The van der Waals surface area contributed by atoms with E-state index in [9.17, 15) is 4.79 Å². The lowest BCUT2D eigenvalue weighted by Gasteiger charge is -2.26. The first kappa shape index (κ1) is 25.0. The van der Waals surface area contributed by atoms with E-state index in [1.54, 1.807) is 17.6 Å². The molecule has 0 bridgehead atoms. The molecule has 8 heteroatoms. The van der Waals surface area contributed by atoms with Crippen molar-refractivity contribution in [1.29, 1.82) is 0 Å². The summed E-state index contributed by atoms with van der Waals surface area (Å²) in [6, 6.07) is 22.2. The summed E-state index contributed by atoms with van der Waals surface area (Å²) in [4.78, 5) is 30.7. The fourth-order valence-corrected chi connectivity index (χ4v) is 6.68. The molecule has 0 spiro atoms. The van der Waals surface area contributed by atoms with Gasteiger partial charge in [-0.3, -0.25) is 4.79 Å². The standard InChI is InChI=1S/C32H31N5O2S/c38-32-26(19-22-9-3-1-4-10-22)33-24-21-27-25(20-23(24)35-32)34-31(30-13-12-29(40-30)28-11-7-18-39-28)37(27)17-8-16-36-14-5-2-6-15-36/h1,3-4,7,9-13,18,20-21H,2,5-6,8,14-17,19H2,(H,35,38). The highest BCUT2D eigenvalue weighted by molar-refractivity contribution is 7.18.